The highest BCUT2D eigenvalue weighted by Gasteiger charge is 2.26. The van der Waals surface area contributed by atoms with Crippen LogP contribution in [0.25, 0.3) is 71.8 Å². The molecule has 0 aliphatic heterocycles. The number of allylic oxidation sites excluding steroid dienone is 1. The topological polar surface area (TPSA) is 20.2 Å². The Labute approximate surface area is 291 Å². The van der Waals surface area contributed by atoms with Crippen molar-refractivity contribution in [2.45, 2.75) is 61.3 Å². The van der Waals surface area contributed by atoms with Gasteiger partial charge in [0.1, 0.15) is 13.6 Å². The van der Waals surface area contributed by atoms with E-state index in [9.17, 15) is 5.11 Å². The molecular formula is C47H43BO. The maximum Gasteiger partial charge on any atom is 0.144 e. The number of aryl methyl sites for hydroxylation is 7. The van der Waals surface area contributed by atoms with Crippen molar-refractivity contribution in [3.63, 3.8) is 0 Å². The SMILES string of the molecule is Bc1c(C)c(C)c2c(-c3cccc4c(-c5ccc6c(c5)CCC=C6)cccc34)c3c(C)c(C)cc(C)c3c(-c3ccc(C)c(C)c3)c2c1O. The molecule has 7 aromatic carbocycles. The van der Waals surface area contributed by atoms with Gasteiger partial charge < -0.3 is 5.11 Å². The van der Waals surface area contributed by atoms with Gasteiger partial charge in [-0.25, -0.2) is 0 Å². The lowest BCUT2D eigenvalue weighted by molar-refractivity contribution is 0.485. The van der Waals surface area contributed by atoms with Gasteiger partial charge in [0.2, 0.25) is 0 Å². The van der Waals surface area contributed by atoms with Crippen molar-refractivity contribution in [2.75, 3.05) is 0 Å². The number of hydrogen-bond donors (Lipinski definition) is 1. The number of benzene rings is 7. The molecule has 0 saturated carbocycles. The molecule has 0 saturated heterocycles. The standard InChI is InChI=1S/C47H43BO/c1-25-18-19-35(23-26(25)2)43-40-28(4)22-27(3)29(5)41(40)44(42-30(6)31(7)46(48)47(49)45(42)43)39-17-11-15-37-36(14-10-16-38(37)39)34-21-20-32-12-8-9-13-33(32)24-34/h8,10-12,14-24,49H,9,13,48H2,1-7H3. The molecule has 0 radical (unpaired) electrons. The van der Waals surface area contributed by atoms with Gasteiger partial charge in [-0.05, 0) is 166 Å². The predicted molar refractivity (Wildman–Crippen MR) is 216 cm³/mol. The molecule has 0 amide bonds. The molecule has 0 atom stereocenters. The minimum absolute atomic E-state index is 0.385. The minimum atomic E-state index is 0.385. The zero-order valence-corrected chi connectivity index (χ0v) is 30.0. The third kappa shape index (κ3) is 4.68. The second-order valence-electron chi connectivity index (χ2n) is 14.5. The molecule has 49 heavy (non-hydrogen) atoms. The molecule has 0 spiro atoms. The van der Waals surface area contributed by atoms with Crippen molar-refractivity contribution >= 4 is 51.7 Å². The summed E-state index contributed by atoms with van der Waals surface area (Å²) in [5.74, 6) is 0.385. The van der Waals surface area contributed by atoms with Crippen molar-refractivity contribution < 1.29 is 5.11 Å². The summed E-state index contributed by atoms with van der Waals surface area (Å²) >= 11 is 0. The maximum absolute atomic E-state index is 12.3. The van der Waals surface area contributed by atoms with E-state index in [1.807, 2.05) is 0 Å². The van der Waals surface area contributed by atoms with Crippen LogP contribution in [0.15, 0.2) is 84.9 Å². The number of aromatic hydroxyl groups is 1. The van der Waals surface area contributed by atoms with Gasteiger partial charge in [-0.15, -0.1) is 0 Å². The lowest BCUT2D eigenvalue weighted by Gasteiger charge is -2.26. The third-order valence-corrected chi connectivity index (χ3v) is 11.7. The second-order valence-corrected chi connectivity index (χ2v) is 14.5. The fourth-order valence-corrected chi connectivity index (χ4v) is 8.50. The molecule has 1 N–H and O–H groups in total. The Bertz CT molecular complexity index is 2580. The van der Waals surface area contributed by atoms with Crippen molar-refractivity contribution in [2.24, 2.45) is 0 Å². The van der Waals surface area contributed by atoms with E-state index in [0.717, 1.165) is 45.8 Å². The molecule has 0 bridgehead atoms. The largest absolute Gasteiger partial charge is 0.508 e. The summed E-state index contributed by atoms with van der Waals surface area (Å²) in [5, 5.41) is 19.4. The molecular weight excluding hydrogens is 591 g/mol. The molecule has 0 heterocycles. The van der Waals surface area contributed by atoms with E-state index >= 15 is 0 Å². The van der Waals surface area contributed by atoms with E-state index in [1.54, 1.807) is 0 Å². The molecule has 8 rings (SSSR count). The van der Waals surface area contributed by atoms with Gasteiger partial charge in [-0.2, -0.15) is 0 Å². The Kier molecular flexibility index (Phi) is 7.34. The van der Waals surface area contributed by atoms with Crippen LogP contribution >= 0.6 is 0 Å². The first-order chi connectivity index (χ1) is 23.6. The van der Waals surface area contributed by atoms with Gasteiger partial charge in [-0.1, -0.05) is 96.6 Å². The highest BCUT2D eigenvalue weighted by atomic mass is 16.3. The van der Waals surface area contributed by atoms with Gasteiger partial charge in [-0.3, -0.25) is 0 Å². The summed E-state index contributed by atoms with van der Waals surface area (Å²) < 4.78 is 0. The van der Waals surface area contributed by atoms with Gasteiger partial charge in [0.15, 0.2) is 0 Å². The van der Waals surface area contributed by atoms with Crippen molar-refractivity contribution in [1.29, 1.82) is 0 Å². The lowest BCUT2D eigenvalue weighted by Crippen LogP contribution is -2.12. The fourth-order valence-electron chi connectivity index (χ4n) is 8.50. The Morgan fingerprint density at radius 2 is 1.24 bits per heavy atom. The minimum Gasteiger partial charge on any atom is -0.508 e. The van der Waals surface area contributed by atoms with Crippen LogP contribution in [0.1, 0.15) is 56.5 Å². The summed E-state index contributed by atoms with van der Waals surface area (Å²) in [6.45, 7) is 15.5. The van der Waals surface area contributed by atoms with Gasteiger partial charge in [0.05, 0.1) is 0 Å². The second kappa shape index (κ2) is 11.5. The molecule has 240 valence electrons. The average Bonchev–Trinajstić information content (AvgIpc) is 3.11. The smallest absolute Gasteiger partial charge is 0.144 e. The van der Waals surface area contributed by atoms with Crippen molar-refractivity contribution in [1.82, 2.24) is 0 Å². The number of phenols is 1. The average molecular weight is 635 g/mol. The number of phenolic OH excluding ortho intramolecular Hbond substituents is 1. The zero-order chi connectivity index (χ0) is 34.3. The summed E-state index contributed by atoms with van der Waals surface area (Å²) in [4.78, 5) is 0. The first-order valence-corrected chi connectivity index (χ1v) is 17.6. The summed E-state index contributed by atoms with van der Waals surface area (Å²) in [5.41, 5.74) is 19.6. The highest BCUT2D eigenvalue weighted by molar-refractivity contribution is 6.39. The van der Waals surface area contributed by atoms with E-state index in [1.165, 1.54) is 88.3 Å². The quantitative estimate of drug-likeness (QED) is 0.151. The van der Waals surface area contributed by atoms with E-state index < -0.39 is 0 Å². The van der Waals surface area contributed by atoms with Crippen LogP contribution in [-0.4, -0.2) is 13.0 Å². The molecule has 0 aromatic heterocycles. The Balaban J connectivity index is 1.57. The normalized spacial score (nSPS) is 12.7. The van der Waals surface area contributed by atoms with Crippen LogP contribution in [0.3, 0.4) is 0 Å². The molecule has 1 nitrogen and oxygen atoms in total. The molecule has 7 aromatic rings. The van der Waals surface area contributed by atoms with Crippen LogP contribution in [0, 0.1) is 48.5 Å². The van der Waals surface area contributed by atoms with Crippen LogP contribution < -0.4 is 5.46 Å². The van der Waals surface area contributed by atoms with Crippen LogP contribution in [0.2, 0.25) is 0 Å². The maximum atomic E-state index is 12.3. The van der Waals surface area contributed by atoms with Gasteiger partial charge in [0.25, 0.3) is 0 Å². The lowest BCUT2D eigenvalue weighted by atomic mass is 9.75. The van der Waals surface area contributed by atoms with Crippen LogP contribution in [0.4, 0.5) is 0 Å². The molecule has 1 aliphatic rings. The van der Waals surface area contributed by atoms with E-state index in [-0.39, 0.29) is 0 Å². The number of hydrogen-bond acceptors (Lipinski definition) is 1. The summed E-state index contributed by atoms with van der Waals surface area (Å²) in [7, 11) is 2.07. The molecule has 0 fully saturated rings. The van der Waals surface area contributed by atoms with Crippen molar-refractivity contribution in [3.05, 3.63) is 135 Å². The number of fused-ring (bicyclic) bond motifs is 4. The first-order valence-electron chi connectivity index (χ1n) is 17.6. The molecule has 0 unspecified atom stereocenters. The summed E-state index contributed by atoms with van der Waals surface area (Å²) in [6, 6.07) is 29.7. The Morgan fingerprint density at radius 3 is 2.00 bits per heavy atom. The van der Waals surface area contributed by atoms with E-state index in [2.05, 4.69) is 147 Å². The van der Waals surface area contributed by atoms with Crippen molar-refractivity contribution in [3.8, 4) is 39.1 Å². The first kappa shape index (κ1) is 31.2. The monoisotopic (exact) mass is 634 g/mol. The zero-order valence-electron chi connectivity index (χ0n) is 30.0. The fraction of sp³-hybridized carbons (Fsp3) is 0.191. The van der Waals surface area contributed by atoms with E-state index in [0.29, 0.717) is 5.75 Å². The molecule has 2 heteroatoms. The Morgan fingerprint density at radius 1 is 0.551 bits per heavy atom. The van der Waals surface area contributed by atoms with Crippen LogP contribution in [0.5, 0.6) is 5.75 Å². The number of rotatable bonds is 3. The predicted octanol–water partition coefficient (Wildman–Crippen LogP) is 11.2. The van der Waals surface area contributed by atoms with Gasteiger partial charge in [0, 0.05) is 10.9 Å². The Hall–Kier alpha value is -5.08. The molecule has 1 aliphatic carbocycles. The van der Waals surface area contributed by atoms with Gasteiger partial charge >= 0.3 is 0 Å². The highest BCUT2D eigenvalue weighted by Crippen LogP contribution is 2.51. The third-order valence-electron chi connectivity index (χ3n) is 11.7. The summed E-state index contributed by atoms with van der Waals surface area (Å²) in [6.07, 6.45) is 6.72. The van der Waals surface area contributed by atoms with Crippen LogP contribution in [-0.2, 0) is 6.42 Å². The van der Waals surface area contributed by atoms with E-state index in [4.69, 9.17) is 0 Å².